The molecule has 3 saturated heterocycles. The molecular formula is C43H46BN3O6. The Kier molecular flexibility index (Phi) is 10.3. The van der Waals surface area contributed by atoms with Gasteiger partial charge in [0.25, 0.3) is 0 Å². The lowest BCUT2D eigenvalue weighted by molar-refractivity contribution is -0.144. The smallest absolute Gasteiger partial charge is 0.455 e. The number of carbonyl (C=O) groups excluding carboxylic acids is 2. The maximum absolute atomic E-state index is 14.4. The van der Waals surface area contributed by atoms with Crippen LogP contribution in [-0.2, 0) is 25.5 Å². The zero-order valence-corrected chi connectivity index (χ0v) is 30.1. The van der Waals surface area contributed by atoms with Gasteiger partial charge in [-0.15, -0.1) is 0 Å². The first-order valence-electron chi connectivity index (χ1n) is 18.9. The van der Waals surface area contributed by atoms with Gasteiger partial charge in [-0.25, -0.2) is 0 Å². The Morgan fingerprint density at radius 3 is 2.45 bits per heavy atom. The number of phenolic OH excluding ortho intramolecular Hbond substituents is 1. The molecule has 9 nitrogen and oxygen atoms in total. The highest BCUT2D eigenvalue weighted by molar-refractivity contribution is 6.43. The summed E-state index contributed by atoms with van der Waals surface area (Å²) in [5.41, 5.74) is 6.05. The van der Waals surface area contributed by atoms with E-state index >= 15 is 0 Å². The average molecular weight is 712 g/mol. The van der Waals surface area contributed by atoms with Crippen molar-refractivity contribution in [3.63, 3.8) is 0 Å². The second-order valence-corrected chi connectivity index (χ2v) is 14.9. The number of hydrogen-bond donors (Lipinski definition) is 2. The van der Waals surface area contributed by atoms with Crippen molar-refractivity contribution in [2.75, 3.05) is 26.8 Å². The van der Waals surface area contributed by atoms with Crippen LogP contribution in [0.2, 0.25) is 6.32 Å². The number of nitrogens with zero attached hydrogens (tertiary/aromatic N) is 3. The third kappa shape index (κ3) is 7.09. The Balaban J connectivity index is 1.05. The summed E-state index contributed by atoms with van der Waals surface area (Å²) in [6.45, 7) is 2.86. The molecular weight excluding hydrogens is 665 g/mol. The number of fused-ring (bicyclic) bond motifs is 4. The van der Waals surface area contributed by atoms with E-state index in [2.05, 4.69) is 40.2 Å². The molecule has 1 aliphatic carbocycles. The fourth-order valence-electron chi connectivity index (χ4n) is 9.37. The maximum atomic E-state index is 14.4. The van der Waals surface area contributed by atoms with Gasteiger partial charge in [-0.3, -0.25) is 24.4 Å². The van der Waals surface area contributed by atoms with Crippen LogP contribution >= 0.6 is 0 Å². The molecule has 4 atom stereocenters. The van der Waals surface area contributed by atoms with Crippen LogP contribution in [0.3, 0.4) is 0 Å². The second kappa shape index (κ2) is 15.4. The molecule has 1 aromatic heterocycles. The van der Waals surface area contributed by atoms with Crippen LogP contribution in [0.25, 0.3) is 22.4 Å². The Labute approximate surface area is 311 Å². The zero-order valence-electron chi connectivity index (χ0n) is 30.1. The normalized spacial score (nSPS) is 24.2. The molecule has 8 rings (SSSR count). The number of hydrogen-bond acceptors (Lipinski definition) is 8. The lowest BCUT2D eigenvalue weighted by Crippen LogP contribution is -2.48. The van der Waals surface area contributed by atoms with E-state index in [4.69, 9.17) is 9.39 Å². The molecule has 0 saturated carbocycles. The van der Waals surface area contributed by atoms with Gasteiger partial charge in [0.1, 0.15) is 5.75 Å². The summed E-state index contributed by atoms with van der Waals surface area (Å²) in [5, 5.41) is 23.4. The molecule has 2 amide bonds. The van der Waals surface area contributed by atoms with Crippen molar-refractivity contribution in [3.8, 4) is 5.75 Å². The first-order valence-corrected chi connectivity index (χ1v) is 18.9. The van der Waals surface area contributed by atoms with Crippen molar-refractivity contribution in [2.24, 2.45) is 17.8 Å². The van der Waals surface area contributed by atoms with Gasteiger partial charge in [0, 0.05) is 44.4 Å². The SMILES string of the molecule is COCC1=C2[C@@H](CC/C(=C/c3ccc(O)c4ccccc34)c3ccccn3)OB(O)C[C@@H]2[C@@H]2C(=O)N(C3CCN(Cc4ccccc4)CC3)C(=O)[C@@H]2C1. The molecule has 2 N–H and O–H groups in total. The number of imide groups is 1. The van der Waals surface area contributed by atoms with Crippen molar-refractivity contribution in [2.45, 2.75) is 57.1 Å². The number of amides is 2. The van der Waals surface area contributed by atoms with Crippen molar-refractivity contribution >= 4 is 41.4 Å². The van der Waals surface area contributed by atoms with Crippen molar-refractivity contribution < 1.29 is 29.1 Å². The number of piperidine rings is 1. The number of methoxy groups -OCH3 is 1. The summed E-state index contributed by atoms with van der Waals surface area (Å²) < 4.78 is 12.0. The highest BCUT2D eigenvalue weighted by Crippen LogP contribution is 2.51. The Morgan fingerprint density at radius 1 is 0.943 bits per heavy atom. The van der Waals surface area contributed by atoms with Crippen LogP contribution in [-0.4, -0.2) is 82.8 Å². The van der Waals surface area contributed by atoms with E-state index in [-0.39, 0.29) is 35.8 Å². The van der Waals surface area contributed by atoms with E-state index < -0.39 is 25.1 Å². The number of aromatic hydroxyl groups is 1. The third-order valence-electron chi connectivity index (χ3n) is 11.8. The minimum Gasteiger partial charge on any atom is -0.507 e. The van der Waals surface area contributed by atoms with Gasteiger partial charge >= 0.3 is 7.12 Å². The second-order valence-electron chi connectivity index (χ2n) is 14.9. The number of likely N-dealkylation sites (tertiary alicyclic amines) is 2. The van der Waals surface area contributed by atoms with Crippen LogP contribution in [0.1, 0.15) is 48.9 Å². The first kappa shape index (κ1) is 35.4. The fraction of sp³-hybridized carbons (Fsp3) is 0.372. The molecule has 3 fully saturated rings. The highest BCUT2D eigenvalue weighted by Gasteiger charge is 2.58. The number of ether oxygens (including phenoxy) is 1. The minimum absolute atomic E-state index is 0.0757. The molecule has 4 aliphatic rings. The van der Waals surface area contributed by atoms with Crippen LogP contribution < -0.4 is 0 Å². The van der Waals surface area contributed by atoms with E-state index in [1.165, 1.54) is 5.56 Å². The van der Waals surface area contributed by atoms with Crippen LogP contribution in [0.5, 0.6) is 5.75 Å². The number of pyridine rings is 1. The van der Waals surface area contributed by atoms with E-state index in [9.17, 15) is 19.7 Å². The predicted molar refractivity (Wildman–Crippen MR) is 205 cm³/mol. The minimum atomic E-state index is -1.06. The molecule has 0 unspecified atom stereocenters. The monoisotopic (exact) mass is 711 g/mol. The van der Waals surface area contributed by atoms with E-state index in [1.807, 2.05) is 54.6 Å². The third-order valence-corrected chi connectivity index (χ3v) is 11.8. The van der Waals surface area contributed by atoms with Gasteiger partial charge in [0.05, 0.1) is 30.2 Å². The summed E-state index contributed by atoms with van der Waals surface area (Å²) >= 11 is 0. The highest BCUT2D eigenvalue weighted by atomic mass is 16.5. The molecule has 272 valence electrons. The topological polar surface area (TPSA) is 112 Å². The first-order chi connectivity index (χ1) is 25.9. The number of carbonyl (C=O) groups is 2. The van der Waals surface area contributed by atoms with Crippen molar-refractivity contribution in [3.05, 3.63) is 119 Å². The predicted octanol–water partition coefficient (Wildman–Crippen LogP) is 6.37. The Morgan fingerprint density at radius 2 is 1.70 bits per heavy atom. The standard InChI is InChI=1S/C43H46BN3O6/c1-52-27-31-24-35-41(43(50)47(42(35)49)32-18-21-46(22-19-32)26-28-9-3-2-4-10-28)36-25-44(51)53-39(40(31)36)17-15-30(37-13-7-8-20-45-37)23-29-14-16-38(48)34-12-6-5-11-33(29)34/h2-14,16,20,23,32,35-36,39,41,48,51H,15,17-19,21-22,24-27H2,1H3/b30-23-/t35-,36+,39-,41-/m1/s1. The molecule has 0 spiro atoms. The molecule has 0 radical (unpaired) electrons. The van der Waals surface area contributed by atoms with Crippen LogP contribution in [0.4, 0.5) is 0 Å². The maximum Gasteiger partial charge on any atom is 0.455 e. The van der Waals surface area contributed by atoms with Gasteiger partial charge in [-0.2, -0.15) is 0 Å². The quantitative estimate of drug-likeness (QED) is 0.111. The molecule has 3 aromatic carbocycles. The summed E-state index contributed by atoms with van der Waals surface area (Å²) in [4.78, 5) is 37.3. The van der Waals surface area contributed by atoms with Crippen LogP contribution in [0, 0.1) is 17.8 Å². The van der Waals surface area contributed by atoms with Gasteiger partial charge in [-0.05, 0) is 102 Å². The largest absolute Gasteiger partial charge is 0.507 e. The summed E-state index contributed by atoms with van der Waals surface area (Å²) in [6.07, 6.45) is 6.78. The van der Waals surface area contributed by atoms with Gasteiger partial charge in [-0.1, -0.05) is 66.7 Å². The number of phenols is 1. The van der Waals surface area contributed by atoms with Gasteiger partial charge in [0.2, 0.25) is 11.8 Å². The fourth-order valence-corrected chi connectivity index (χ4v) is 9.37. The summed E-state index contributed by atoms with van der Waals surface area (Å²) in [6, 6.07) is 27.5. The van der Waals surface area contributed by atoms with Crippen molar-refractivity contribution in [1.82, 2.24) is 14.8 Å². The van der Waals surface area contributed by atoms with Gasteiger partial charge in [0.15, 0.2) is 0 Å². The molecule has 4 heterocycles. The zero-order chi connectivity index (χ0) is 36.5. The van der Waals surface area contributed by atoms with E-state index in [0.717, 1.165) is 71.2 Å². The number of benzene rings is 3. The molecule has 0 bridgehead atoms. The number of rotatable bonds is 10. The molecule has 4 aromatic rings. The molecule has 53 heavy (non-hydrogen) atoms. The Hall–Kier alpha value is -4.61. The summed E-state index contributed by atoms with van der Waals surface area (Å²) in [5.74, 6) is -1.23. The Bertz CT molecular complexity index is 2030. The van der Waals surface area contributed by atoms with Crippen LogP contribution in [0.15, 0.2) is 102 Å². The number of aromatic nitrogens is 1. The van der Waals surface area contributed by atoms with Crippen molar-refractivity contribution in [1.29, 1.82) is 0 Å². The van der Waals surface area contributed by atoms with Gasteiger partial charge < -0.3 is 19.5 Å². The summed E-state index contributed by atoms with van der Waals surface area (Å²) in [7, 11) is 0.598. The lowest BCUT2D eigenvalue weighted by Gasteiger charge is -2.43. The van der Waals surface area contributed by atoms with E-state index in [0.29, 0.717) is 25.9 Å². The average Bonchev–Trinajstić information content (AvgIpc) is 3.43. The molecule has 10 heteroatoms. The lowest BCUT2D eigenvalue weighted by atomic mass is 9.58. The number of allylic oxidation sites excluding steroid dienone is 1. The van der Waals surface area contributed by atoms with E-state index in [1.54, 1.807) is 24.3 Å². The molecule has 3 aliphatic heterocycles.